The second-order valence-corrected chi connectivity index (χ2v) is 5.54. The molecular weight excluding hydrogens is 286 g/mol. The maximum Gasteiger partial charge on any atom is 0.190 e. The first-order valence-electron chi connectivity index (χ1n) is 6.39. The molecule has 0 aliphatic carbocycles. The number of nitrogens with zero attached hydrogens (tertiary/aromatic N) is 3. The van der Waals surface area contributed by atoms with E-state index in [4.69, 9.17) is 10.00 Å². The van der Waals surface area contributed by atoms with Crippen molar-refractivity contribution in [2.45, 2.75) is 6.92 Å². The summed E-state index contributed by atoms with van der Waals surface area (Å²) >= 11 is 1.47. The van der Waals surface area contributed by atoms with Crippen molar-refractivity contribution >= 4 is 28.4 Å². The average molecular weight is 301 g/mol. The second kappa shape index (κ2) is 6.97. The predicted molar refractivity (Wildman–Crippen MR) is 82.3 cm³/mol. The van der Waals surface area contributed by atoms with E-state index in [0.717, 1.165) is 22.0 Å². The highest BCUT2D eigenvalue weighted by molar-refractivity contribution is 7.15. The number of nitriles is 1. The number of thiazole rings is 1. The fourth-order valence-corrected chi connectivity index (χ4v) is 2.78. The van der Waals surface area contributed by atoms with E-state index in [9.17, 15) is 4.79 Å². The zero-order chi connectivity index (χ0) is 15.2. The minimum Gasteiger partial charge on any atom is -0.383 e. The Morgan fingerprint density at radius 1 is 1.43 bits per heavy atom. The number of methoxy groups -OCH3 is 1. The van der Waals surface area contributed by atoms with Crippen molar-refractivity contribution in [2.24, 2.45) is 0 Å². The molecule has 0 saturated carbocycles. The molecule has 0 unspecified atom stereocenters. The molecule has 1 aromatic heterocycles. The van der Waals surface area contributed by atoms with Gasteiger partial charge in [-0.25, -0.2) is 4.98 Å². The molecule has 0 N–H and O–H groups in total. The minimum atomic E-state index is 0.464. The normalized spacial score (nSPS) is 10.1. The van der Waals surface area contributed by atoms with Crippen molar-refractivity contribution < 1.29 is 9.53 Å². The summed E-state index contributed by atoms with van der Waals surface area (Å²) in [6, 6.07) is 9.35. The molecule has 0 aliphatic rings. The molecular formula is C15H15N3O2S. The largest absolute Gasteiger partial charge is 0.383 e. The van der Waals surface area contributed by atoms with Gasteiger partial charge >= 0.3 is 0 Å². The first-order valence-corrected chi connectivity index (χ1v) is 7.20. The summed E-state index contributed by atoms with van der Waals surface area (Å²) in [4.78, 5) is 18.2. The Labute approximate surface area is 127 Å². The molecule has 2 aromatic rings. The van der Waals surface area contributed by atoms with E-state index in [1.807, 2.05) is 24.0 Å². The molecule has 0 aliphatic heterocycles. The standard InChI is InChI=1S/C15H15N3O2S/c1-11-14(10-19)17-15(21-11)18(7-8-20-2)13-5-3-12(9-16)4-6-13/h3-6,10H,7-8H2,1-2H3. The van der Waals surface area contributed by atoms with Crippen molar-refractivity contribution in [1.82, 2.24) is 4.98 Å². The summed E-state index contributed by atoms with van der Waals surface area (Å²) in [6.45, 7) is 3.03. The monoisotopic (exact) mass is 301 g/mol. The summed E-state index contributed by atoms with van der Waals surface area (Å²) < 4.78 is 5.14. The van der Waals surface area contributed by atoms with Crippen molar-refractivity contribution in [2.75, 3.05) is 25.2 Å². The number of carbonyl (C=O) groups is 1. The fourth-order valence-electron chi connectivity index (χ4n) is 1.85. The number of ether oxygens (including phenoxy) is 1. The highest BCUT2D eigenvalue weighted by atomic mass is 32.1. The van der Waals surface area contributed by atoms with Crippen LogP contribution in [0.15, 0.2) is 24.3 Å². The Bertz CT molecular complexity index is 659. The predicted octanol–water partition coefficient (Wildman–Crippen LogP) is 2.92. The summed E-state index contributed by atoms with van der Waals surface area (Å²) in [7, 11) is 1.64. The van der Waals surface area contributed by atoms with Crippen LogP contribution in [-0.2, 0) is 4.74 Å². The molecule has 0 amide bonds. The van der Waals surface area contributed by atoms with E-state index < -0.39 is 0 Å². The van der Waals surface area contributed by atoms with Crippen LogP contribution in [0.1, 0.15) is 20.9 Å². The molecule has 0 fully saturated rings. The summed E-state index contributed by atoms with van der Waals surface area (Å²) in [6.07, 6.45) is 0.766. The molecule has 0 atom stereocenters. The molecule has 2 rings (SSSR count). The van der Waals surface area contributed by atoms with Gasteiger partial charge in [-0.15, -0.1) is 11.3 Å². The third kappa shape index (κ3) is 3.45. The number of hydrogen-bond acceptors (Lipinski definition) is 6. The van der Waals surface area contributed by atoms with Crippen molar-refractivity contribution in [1.29, 1.82) is 5.26 Å². The van der Waals surface area contributed by atoms with Gasteiger partial charge in [-0.2, -0.15) is 5.26 Å². The molecule has 0 spiro atoms. The molecule has 21 heavy (non-hydrogen) atoms. The zero-order valence-electron chi connectivity index (χ0n) is 11.9. The van der Waals surface area contributed by atoms with Crippen LogP contribution in [0.25, 0.3) is 0 Å². The van der Waals surface area contributed by atoms with Gasteiger partial charge < -0.3 is 9.64 Å². The van der Waals surface area contributed by atoms with E-state index in [-0.39, 0.29) is 0 Å². The van der Waals surface area contributed by atoms with Gasteiger partial charge in [0.05, 0.1) is 18.2 Å². The second-order valence-electron chi connectivity index (χ2n) is 4.36. The Kier molecular flexibility index (Phi) is 5.04. The summed E-state index contributed by atoms with van der Waals surface area (Å²) in [5, 5.41) is 9.61. The van der Waals surface area contributed by atoms with Crippen molar-refractivity contribution in [3.8, 4) is 6.07 Å². The Hall–Kier alpha value is -2.23. The van der Waals surface area contributed by atoms with E-state index in [0.29, 0.717) is 24.4 Å². The lowest BCUT2D eigenvalue weighted by molar-refractivity contribution is 0.111. The van der Waals surface area contributed by atoms with E-state index in [1.54, 1.807) is 19.2 Å². The van der Waals surface area contributed by atoms with E-state index >= 15 is 0 Å². The Balaban J connectivity index is 2.36. The molecule has 0 radical (unpaired) electrons. The highest BCUT2D eigenvalue weighted by Crippen LogP contribution is 2.30. The van der Waals surface area contributed by atoms with Gasteiger partial charge in [0.1, 0.15) is 5.69 Å². The lowest BCUT2D eigenvalue weighted by atomic mass is 10.2. The van der Waals surface area contributed by atoms with Crippen LogP contribution in [0.5, 0.6) is 0 Å². The number of aromatic nitrogens is 1. The summed E-state index contributed by atoms with van der Waals surface area (Å²) in [5.41, 5.74) is 1.98. The number of rotatable bonds is 6. The van der Waals surface area contributed by atoms with Gasteiger partial charge in [0.2, 0.25) is 0 Å². The van der Waals surface area contributed by atoms with Crippen LogP contribution < -0.4 is 4.90 Å². The van der Waals surface area contributed by atoms with Gasteiger partial charge in [-0.3, -0.25) is 4.79 Å². The molecule has 0 bridgehead atoms. The molecule has 5 nitrogen and oxygen atoms in total. The third-order valence-corrected chi connectivity index (χ3v) is 4.00. The Morgan fingerprint density at radius 2 is 2.14 bits per heavy atom. The fraction of sp³-hybridized carbons (Fsp3) is 0.267. The third-order valence-electron chi connectivity index (χ3n) is 2.99. The van der Waals surface area contributed by atoms with E-state index in [1.165, 1.54) is 11.3 Å². The minimum absolute atomic E-state index is 0.464. The first kappa shape index (κ1) is 15.2. The molecule has 6 heteroatoms. The molecule has 108 valence electrons. The van der Waals surface area contributed by atoms with Crippen LogP contribution in [-0.4, -0.2) is 31.5 Å². The quantitative estimate of drug-likeness (QED) is 0.767. The first-order chi connectivity index (χ1) is 10.2. The highest BCUT2D eigenvalue weighted by Gasteiger charge is 2.15. The topological polar surface area (TPSA) is 66.2 Å². The molecule has 1 heterocycles. The van der Waals surface area contributed by atoms with Crippen LogP contribution in [0.3, 0.4) is 0 Å². The smallest absolute Gasteiger partial charge is 0.190 e. The Morgan fingerprint density at radius 3 is 2.67 bits per heavy atom. The SMILES string of the molecule is COCCN(c1ccc(C#N)cc1)c1nc(C=O)c(C)s1. The van der Waals surface area contributed by atoms with Gasteiger partial charge in [0.15, 0.2) is 11.4 Å². The van der Waals surface area contributed by atoms with Crippen LogP contribution >= 0.6 is 11.3 Å². The van der Waals surface area contributed by atoms with E-state index in [2.05, 4.69) is 11.1 Å². The van der Waals surface area contributed by atoms with Crippen LogP contribution in [0.2, 0.25) is 0 Å². The zero-order valence-corrected chi connectivity index (χ0v) is 12.7. The number of carbonyl (C=O) groups excluding carboxylic acids is 1. The lowest BCUT2D eigenvalue weighted by Gasteiger charge is -2.21. The van der Waals surface area contributed by atoms with Crippen molar-refractivity contribution in [3.63, 3.8) is 0 Å². The average Bonchev–Trinajstić information content (AvgIpc) is 2.89. The molecule has 1 aromatic carbocycles. The number of hydrogen-bond donors (Lipinski definition) is 0. The van der Waals surface area contributed by atoms with Crippen LogP contribution in [0, 0.1) is 18.3 Å². The number of aldehydes is 1. The number of benzene rings is 1. The maximum atomic E-state index is 11.0. The van der Waals surface area contributed by atoms with Gasteiger partial charge in [0.25, 0.3) is 0 Å². The molecule has 0 saturated heterocycles. The maximum absolute atomic E-state index is 11.0. The number of aryl methyl sites for hydroxylation is 1. The number of anilines is 2. The lowest BCUT2D eigenvalue weighted by Crippen LogP contribution is -2.21. The van der Waals surface area contributed by atoms with Gasteiger partial charge in [-0.05, 0) is 31.2 Å². The van der Waals surface area contributed by atoms with Crippen molar-refractivity contribution in [3.05, 3.63) is 40.4 Å². The van der Waals surface area contributed by atoms with Crippen LogP contribution in [0.4, 0.5) is 10.8 Å². The van der Waals surface area contributed by atoms with Gasteiger partial charge in [0, 0.05) is 24.2 Å². The van der Waals surface area contributed by atoms with Gasteiger partial charge in [-0.1, -0.05) is 0 Å². The summed E-state index contributed by atoms with van der Waals surface area (Å²) in [5.74, 6) is 0.